The molecule has 0 aromatic heterocycles. The summed E-state index contributed by atoms with van der Waals surface area (Å²) in [6.07, 6.45) is 5.59. The lowest BCUT2D eigenvalue weighted by atomic mass is 9.55. The number of rotatable bonds is 0. The van der Waals surface area contributed by atoms with Crippen molar-refractivity contribution in [3.63, 3.8) is 0 Å². The Morgan fingerprint density at radius 2 is 2.14 bits per heavy atom. The SMILES string of the molecule is CC12CC3(O)CCC1CCC2C(=O)C3. The first-order valence-electron chi connectivity index (χ1n) is 5.79. The van der Waals surface area contributed by atoms with E-state index in [4.69, 9.17) is 0 Å². The van der Waals surface area contributed by atoms with Crippen LogP contribution in [0.25, 0.3) is 0 Å². The highest BCUT2D eigenvalue weighted by atomic mass is 16.3. The molecule has 0 aliphatic heterocycles. The van der Waals surface area contributed by atoms with Crippen molar-refractivity contribution in [1.82, 2.24) is 0 Å². The van der Waals surface area contributed by atoms with E-state index in [1.807, 2.05) is 0 Å². The smallest absolute Gasteiger partial charge is 0.139 e. The maximum Gasteiger partial charge on any atom is 0.139 e. The van der Waals surface area contributed by atoms with Crippen LogP contribution in [0.15, 0.2) is 0 Å². The van der Waals surface area contributed by atoms with Gasteiger partial charge in [0.05, 0.1) is 5.60 Å². The zero-order valence-corrected chi connectivity index (χ0v) is 8.75. The van der Waals surface area contributed by atoms with E-state index in [1.165, 1.54) is 6.42 Å². The maximum atomic E-state index is 11.9. The Hall–Kier alpha value is -0.370. The number of carbonyl (C=O) groups is 1. The van der Waals surface area contributed by atoms with Crippen LogP contribution in [0, 0.1) is 17.3 Å². The lowest BCUT2D eigenvalue weighted by Gasteiger charge is -2.51. The van der Waals surface area contributed by atoms with Crippen LogP contribution in [0.1, 0.15) is 45.4 Å². The zero-order valence-electron chi connectivity index (χ0n) is 8.75. The zero-order chi connectivity index (χ0) is 9.97. The molecule has 78 valence electrons. The molecule has 0 heterocycles. The van der Waals surface area contributed by atoms with Gasteiger partial charge in [-0.2, -0.15) is 0 Å². The van der Waals surface area contributed by atoms with E-state index in [1.54, 1.807) is 0 Å². The molecule has 4 atom stereocenters. The summed E-state index contributed by atoms with van der Waals surface area (Å²) >= 11 is 0. The molecule has 4 unspecified atom stereocenters. The molecular formula is C12H18O2. The highest BCUT2D eigenvalue weighted by molar-refractivity contribution is 5.84. The van der Waals surface area contributed by atoms with Crippen LogP contribution in [0.4, 0.5) is 0 Å². The van der Waals surface area contributed by atoms with Gasteiger partial charge in [0, 0.05) is 12.3 Å². The summed E-state index contributed by atoms with van der Waals surface area (Å²) in [5, 5.41) is 10.3. The first-order chi connectivity index (χ1) is 6.54. The number of hydrogen-bond acceptors (Lipinski definition) is 2. The quantitative estimate of drug-likeness (QED) is 0.639. The van der Waals surface area contributed by atoms with Gasteiger partial charge in [-0.25, -0.2) is 0 Å². The molecule has 0 saturated heterocycles. The average molecular weight is 194 g/mol. The molecule has 2 bridgehead atoms. The third-order valence-electron chi connectivity index (χ3n) is 5.09. The minimum absolute atomic E-state index is 0.141. The fourth-order valence-corrected chi connectivity index (χ4v) is 4.42. The highest BCUT2D eigenvalue weighted by Crippen LogP contribution is 2.61. The fraction of sp³-hybridized carbons (Fsp3) is 0.917. The Kier molecular flexibility index (Phi) is 1.53. The summed E-state index contributed by atoms with van der Waals surface area (Å²) in [5.41, 5.74) is -0.495. The molecule has 2 heteroatoms. The summed E-state index contributed by atoms with van der Waals surface area (Å²) in [6, 6.07) is 0. The molecular weight excluding hydrogens is 176 g/mol. The van der Waals surface area contributed by atoms with E-state index in [0.29, 0.717) is 18.1 Å². The minimum atomic E-state index is -0.636. The average Bonchev–Trinajstić information content (AvgIpc) is 2.40. The van der Waals surface area contributed by atoms with Gasteiger partial charge in [0.25, 0.3) is 0 Å². The lowest BCUT2D eigenvalue weighted by molar-refractivity contribution is -0.153. The van der Waals surface area contributed by atoms with Crippen molar-refractivity contribution in [3.05, 3.63) is 0 Å². The Bertz CT molecular complexity index is 299. The van der Waals surface area contributed by atoms with Crippen LogP contribution in [0.5, 0.6) is 0 Å². The van der Waals surface area contributed by atoms with Crippen LogP contribution in [0.2, 0.25) is 0 Å². The predicted octanol–water partition coefficient (Wildman–Crippen LogP) is 1.91. The lowest BCUT2D eigenvalue weighted by Crippen LogP contribution is -2.53. The van der Waals surface area contributed by atoms with Crippen molar-refractivity contribution in [3.8, 4) is 0 Å². The summed E-state index contributed by atoms with van der Waals surface area (Å²) in [7, 11) is 0. The molecule has 0 amide bonds. The first kappa shape index (κ1) is 8.90. The van der Waals surface area contributed by atoms with Gasteiger partial charge in [-0.1, -0.05) is 6.92 Å². The Labute approximate surface area is 84.7 Å². The second-order valence-corrected chi connectivity index (χ2v) is 5.92. The molecule has 14 heavy (non-hydrogen) atoms. The molecule has 2 nitrogen and oxygen atoms in total. The molecule has 0 aromatic carbocycles. The van der Waals surface area contributed by atoms with Crippen molar-refractivity contribution >= 4 is 5.78 Å². The van der Waals surface area contributed by atoms with Crippen molar-refractivity contribution < 1.29 is 9.90 Å². The van der Waals surface area contributed by atoms with Gasteiger partial charge in [0.2, 0.25) is 0 Å². The van der Waals surface area contributed by atoms with Gasteiger partial charge in [-0.15, -0.1) is 0 Å². The van der Waals surface area contributed by atoms with Gasteiger partial charge in [-0.3, -0.25) is 4.79 Å². The van der Waals surface area contributed by atoms with Crippen molar-refractivity contribution in [2.75, 3.05) is 0 Å². The van der Waals surface area contributed by atoms with E-state index in [9.17, 15) is 9.90 Å². The van der Waals surface area contributed by atoms with E-state index < -0.39 is 5.60 Å². The first-order valence-corrected chi connectivity index (χ1v) is 5.79. The van der Waals surface area contributed by atoms with Gasteiger partial charge in [0.15, 0.2) is 0 Å². The standard InChI is InChI=1S/C12H18O2/c1-11-7-12(14)5-4-8(11)2-3-9(11)10(13)6-12/h8-9,14H,2-7H2,1H3. The number of aliphatic hydroxyl groups is 1. The highest BCUT2D eigenvalue weighted by Gasteiger charge is 2.59. The third-order valence-corrected chi connectivity index (χ3v) is 5.09. The van der Waals surface area contributed by atoms with E-state index >= 15 is 0 Å². The molecule has 0 aromatic rings. The number of fused-ring (bicyclic) bond motifs is 1. The third kappa shape index (κ3) is 0.928. The topological polar surface area (TPSA) is 37.3 Å². The fourth-order valence-electron chi connectivity index (χ4n) is 4.42. The largest absolute Gasteiger partial charge is 0.389 e. The molecule has 3 aliphatic rings. The van der Waals surface area contributed by atoms with Crippen LogP contribution in [-0.2, 0) is 4.79 Å². The Morgan fingerprint density at radius 1 is 1.36 bits per heavy atom. The monoisotopic (exact) mass is 194 g/mol. The summed E-state index contributed by atoms with van der Waals surface area (Å²) in [5.74, 6) is 1.31. The van der Waals surface area contributed by atoms with Crippen LogP contribution in [0.3, 0.4) is 0 Å². The van der Waals surface area contributed by atoms with Crippen LogP contribution < -0.4 is 0 Å². The number of hydrogen-bond donors (Lipinski definition) is 1. The number of carbonyl (C=O) groups excluding carboxylic acids is 1. The number of Topliss-reactive ketones (excluding diaryl/α,β-unsaturated/α-hetero) is 1. The van der Waals surface area contributed by atoms with Crippen molar-refractivity contribution in [1.29, 1.82) is 0 Å². The predicted molar refractivity (Wildman–Crippen MR) is 52.7 cm³/mol. The van der Waals surface area contributed by atoms with E-state index in [0.717, 1.165) is 25.7 Å². The summed E-state index contributed by atoms with van der Waals surface area (Å²) in [4.78, 5) is 11.9. The van der Waals surface area contributed by atoms with Gasteiger partial charge >= 0.3 is 0 Å². The van der Waals surface area contributed by atoms with Gasteiger partial charge < -0.3 is 5.11 Å². The van der Waals surface area contributed by atoms with E-state index in [2.05, 4.69) is 6.92 Å². The summed E-state index contributed by atoms with van der Waals surface area (Å²) < 4.78 is 0. The molecule has 0 spiro atoms. The van der Waals surface area contributed by atoms with E-state index in [-0.39, 0.29) is 11.3 Å². The molecule has 3 fully saturated rings. The molecule has 3 saturated carbocycles. The minimum Gasteiger partial charge on any atom is -0.389 e. The van der Waals surface area contributed by atoms with Gasteiger partial charge in [-0.05, 0) is 43.4 Å². The Balaban J connectivity index is 2.05. The Morgan fingerprint density at radius 3 is 2.93 bits per heavy atom. The second kappa shape index (κ2) is 2.41. The summed E-state index contributed by atoms with van der Waals surface area (Å²) in [6.45, 7) is 2.23. The molecule has 0 radical (unpaired) electrons. The van der Waals surface area contributed by atoms with Crippen molar-refractivity contribution in [2.45, 2.75) is 51.0 Å². The molecule has 3 aliphatic carbocycles. The number of ketones is 1. The van der Waals surface area contributed by atoms with Crippen molar-refractivity contribution in [2.24, 2.45) is 17.3 Å². The maximum absolute atomic E-state index is 11.9. The second-order valence-electron chi connectivity index (χ2n) is 5.92. The van der Waals surface area contributed by atoms with Crippen LogP contribution >= 0.6 is 0 Å². The van der Waals surface area contributed by atoms with Crippen LogP contribution in [-0.4, -0.2) is 16.5 Å². The molecule has 3 rings (SSSR count). The normalized spacial score (nSPS) is 56.3. The van der Waals surface area contributed by atoms with Gasteiger partial charge in [0.1, 0.15) is 5.78 Å². The molecule has 1 N–H and O–H groups in total.